The maximum atomic E-state index is 12.1. The molecule has 1 atom stereocenters. The van der Waals surface area contributed by atoms with Gasteiger partial charge >= 0.3 is 0 Å². The van der Waals surface area contributed by atoms with Gasteiger partial charge in [0.05, 0.1) is 11.7 Å². The SMILES string of the molecule is CNC(C)CNC(=O)CCn1cnc2sccc2c1=O. The minimum atomic E-state index is -0.0901. The van der Waals surface area contributed by atoms with Crippen molar-refractivity contribution in [1.82, 2.24) is 20.2 Å². The van der Waals surface area contributed by atoms with Gasteiger partial charge in [-0.15, -0.1) is 11.3 Å². The number of fused-ring (bicyclic) bond motifs is 1. The number of thiophene rings is 1. The molecule has 0 saturated carbocycles. The van der Waals surface area contributed by atoms with Gasteiger partial charge in [-0.1, -0.05) is 0 Å². The van der Waals surface area contributed by atoms with Crippen molar-refractivity contribution in [1.29, 1.82) is 0 Å². The van der Waals surface area contributed by atoms with Crippen molar-refractivity contribution in [2.75, 3.05) is 13.6 Å². The number of aryl methyl sites for hydroxylation is 1. The van der Waals surface area contributed by atoms with Crippen LogP contribution in [0.2, 0.25) is 0 Å². The minimum Gasteiger partial charge on any atom is -0.354 e. The fourth-order valence-electron chi connectivity index (χ4n) is 1.73. The second-order valence-corrected chi connectivity index (χ2v) is 5.52. The zero-order chi connectivity index (χ0) is 14.5. The van der Waals surface area contributed by atoms with Crippen molar-refractivity contribution in [3.63, 3.8) is 0 Å². The summed E-state index contributed by atoms with van der Waals surface area (Å²) in [4.78, 5) is 28.7. The lowest BCUT2D eigenvalue weighted by Gasteiger charge is -2.11. The van der Waals surface area contributed by atoms with Crippen molar-refractivity contribution in [3.05, 3.63) is 28.1 Å². The average Bonchev–Trinajstić information content (AvgIpc) is 2.93. The Bertz CT molecular complexity index is 649. The summed E-state index contributed by atoms with van der Waals surface area (Å²) in [5.41, 5.74) is -0.0901. The van der Waals surface area contributed by atoms with Crippen LogP contribution in [0.15, 0.2) is 22.6 Å². The zero-order valence-corrected chi connectivity index (χ0v) is 12.4. The van der Waals surface area contributed by atoms with Gasteiger partial charge in [-0.25, -0.2) is 4.98 Å². The maximum absolute atomic E-state index is 12.1. The molecular weight excluding hydrogens is 276 g/mol. The molecule has 0 bridgehead atoms. The molecule has 0 radical (unpaired) electrons. The third-order valence-electron chi connectivity index (χ3n) is 3.13. The fraction of sp³-hybridized carbons (Fsp3) is 0.462. The van der Waals surface area contributed by atoms with Crippen LogP contribution in [0.25, 0.3) is 10.2 Å². The molecule has 1 amide bonds. The highest BCUT2D eigenvalue weighted by Crippen LogP contribution is 2.13. The Balaban J connectivity index is 1.94. The molecule has 2 heterocycles. The van der Waals surface area contributed by atoms with Gasteiger partial charge in [0.2, 0.25) is 5.91 Å². The number of carbonyl (C=O) groups is 1. The number of hydrogen-bond donors (Lipinski definition) is 2. The second kappa shape index (κ2) is 6.62. The van der Waals surface area contributed by atoms with Gasteiger partial charge in [0, 0.05) is 25.6 Å². The molecule has 2 aromatic heterocycles. The van der Waals surface area contributed by atoms with Gasteiger partial charge in [-0.3, -0.25) is 14.2 Å². The summed E-state index contributed by atoms with van der Waals surface area (Å²) < 4.78 is 1.48. The molecule has 0 fully saturated rings. The Morgan fingerprint density at radius 1 is 1.55 bits per heavy atom. The van der Waals surface area contributed by atoms with Crippen LogP contribution in [0.1, 0.15) is 13.3 Å². The number of nitrogens with one attached hydrogen (secondary N) is 2. The molecule has 0 aromatic carbocycles. The Morgan fingerprint density at radius 3 is 3.10 bits per heavy atom. The first-order valence-electron chi connectivity index (χ1n) is 6.48. The molecule has 2 rings (SSSR count). The lowest BCUT2D eigenvalue weighted by atomic mass is 10.3. The van der Waals surface area contributed by atoms with Crippen LogP contribution in [0, 0.1) is 0 Å². The van der Waals surface area contributed by atoms with Gasteiger partial charge < -0.3 is 10.6 Å². The standard InChI is InChI=1S/C13H18N4O2S/c1-9(14-2)7-15-11(18)3-5-17-8-16-12-10(13(17)19)4-6-20-12/h4,6,8-9,14H,3,5,7H2,1-2H3,(H,15,18). The molecule has 108 valence electrons. The summed E-state index contributed by atoms with van der Waals surface area (Å²) in [6, 6.07) is 1.99. The molecule has 0 saturated heterocycles. The highest BCUT2D eigenvalue weighted by atomic mass is 32.1. The quantitative estimate of drug-likeness (QED) is 0.817. The highest BCUT2D eigenvalue weighted by molar-refractivity contribution is 7.16. The topological polar surface area (TPSA) is 76.0 Å². The molecule has 0 aliphatic carbocycles. The lowest BCUT2D eigenvalue weighted by molar-refractivity contribution is -0.121. The summed E-state index contributed by atoms with van der Waals surface area (Å²) in [5.74, 6) is -0.0654. The molecule has 2 N–H and O–H groups in total. The number of rotatable bonds is 6. The van der Waals surface area contributed by atoms with Gasteiger partial charge in [-0.2, -0.15) is 0 Å². The number of carbonyl (C=O) groups excluding carboxylic acids is 1. The van der Waals surface area contributed by atoms with Gasteiger partial charge in [0.25, 0.3) is 5.56 Å². The molecule has 20 heavy (non-hydrogen) atoms. The van der Waals surface area contributed by atoms with Gasteiger partial charge in [0.15, 0.2) is 0 Å². The third kappa shape index (κ3) is 3.43. The van der Waals surface area contributed by atoms with Crippen LogP contribution in [-0.4, -0.2) is 35.1 Å². The van der Waals surface area contributed by atoms with E-state index in [-0.39, 0.29) is 23.9 Å². The molecule has 7 heteroatoms. The van der Waals surface area contributed by atoms with E-state index in [1.165, 1.54) is 22.2 Å². The van der Waals surface area contributed by atoms with Crippen LogP contribution >= 0.6 is 11.3 Å². The normalized spacial score (nSPS) is 12.5. The Hall–Kier alpha value is -1.73. The number of aromatic nitrogens is 2. The predicted octanol–water partition coefficient (Wildman–Crippen LogP) is 0.572. The van der Waals surface area contributed by atoms with Crippen LogP contribution in [0.3, 0.4) is 0 Å². The predicted molar refractivity (Wildman–Crippen MR) is 80.0 cm³/mol. The Labute approximate surface area is 120 Å². The molecule has 0 aliphatic rings. The largest absolute Gasteiger partial charge is 0.354 e. The summed E-state index contributed by atoms with van der Waals surface area (Å²) in [5, 5.41) is 8.32. The zero-order valence-electron chi connectivity index (χ0n) is 11.5. The third-order valence-corrected chi connectivity index (χ3v) is 3.95. The average molecular weight is 294 g/mol. The van der Waals surface area contributed by atoms with E-state index in [4.69, 9.17) is 0 Å². The molecule has 2 aromatic rings. The van der Waals surface area contributed by atoms with Crippen LogP contribution < -0.4 is 16.2 Å². The van der Waals surface area contributed by atoms with Crippen molar-refractivity contribution in [3.8, 4) is 0 Å². The van der Waals surface area contributed by atoms with E-state index in [0.29, 0.717) is 18.5 Å². The molecule has 1 unspecified atom stereocenters. The van der Waals surface area contributed by atoms with E-state index in [2.05, 4.69) is 15.6 Å². The molecule has 0 aliphatic heterocycles. The first-order chi connectivity index (χ1) is 9.61. The monoisotopic (exact) mass is 294 g/mol. The van der Waals surface area contributed by atoms with E-state index in [9.17, 15) is 9.59 Å². The van der Waals surface area contributed by atoms with E-state index >= 15 is 0 Å². The summed E-state index contributed by atoms with van der Waals surface area (Å²) in [6.45, 7) is 2.91. The first-order valence-corrected chi connectivity index (χ1v) is 7.36. The van der Waals surface area contributed by atoms with E-state index < -0.39 is 0 Å². The number of nitrogens with zero attached hydrogens (tertiary/aromatic N) is 2. The first kappa shape index (κ1) is 14.7. The molecular formula is C13H18N4O2S. The number of hydrogen-bond acceptors (Lipinski definition) is 5. The van der Waals surface area contributed by atoms with Gasteiger partial charge in [0.1, 0.15) is 4.83 Å². The van der Waals surface area contributed by atoms with Crippen molar-refractivity contribution >= 4 is 27.5 Å². The highest BCUT2D eigenvalue weighted by Gasteiger charge is 2.07. The lowest BCUT2D eigenvalue weighted by Crippen LogP contribution is -2.37. The fourth-order valence-corrected chi connectivity index (χ4v) is 2.46. The van der Waals surface area contributed by atoms with Crippen LogP contribution in [0.5, 0.6) is 0 Å². The maximum Gasteiger partial charge on any atom is 0.262 e. The number of amides is 1. The van der Waals surface area contributed by atoms with Crippen molar-refractivity contribution in [2.24, 2.45) is 0 Å². The number of likely N-dealkylation sites (N-methyl/N-ethyl adjacent to an activating group) is 1. The Morgan fingerprint density at radius 2 is 2.35 bits per heavy atom. The van der Waals surface area contributed by atoms with Crippen molar-refractivity contribution in [2.45, 2.75) is 25.9 Å². The summed E-state index contributed by atoms with van der Waals surface area (Å²) >= 11 is 1.44. The second-order valence-electron chi connectivity index (χ2n) is 4.63. The molecule has 6 nitrogen and oxygen atoms in total. The smallest absolute Gasteiger partial charge is 0.262 e. The van der Waals surface area contributed by atoms with E-state index in [0.717, 1.165) is 4.83 Å². The summed E-state index contributed by atoms with van der Waals surface area (Å²) in [6.07, 6.45) is 1.78. The van der Waals surface area contributed by atoms with Crippen molar-refractivity contribution < 1.29 is 4.79 Å². The van der Waals surface area contributed by atoms with Crippen LogP contribution in [-0.2, 0) is 11.3 Å². The van der Waals surface area contributed by atoms with E-state index in [1.54, 1.807) is 6.07 Å². The summed E-state index contributed by atoms with van der Waals surface area (Å²) in [7, 11) is 1.85. The minimum absolute atomic E-state index is 0.0654. The van der Waals surface area contributed by atoms with Gasteiger partial charge in [-0.05, 0) is 25.4 Å². The van der Waals surface area contributed by atoms with Crippen LogP contribution in [0.4, 0.5) is 0 Å². The van der Waals surface area contributed by atoms with E-state index in [1.807, 2.05) is 19.4 Å². The molecule has 0 spiro atoms. The Kier molecular flexibility index (Phi) is 4.86.